The van der Waals surface area contributed by atoms with E-state index in [9.17, 15) is 0 Å². The van der Waals surface area contributed by atoms with Crippen LogP contribution in [0.15, 0.2) is 213 Å². The molecule has 0 aliphatic heterocycles. The molecule has 2 heteroatoms. The first kappa shape index (κ1) is 33.4. The van der Waals surface area contributed by atoms with Gasteiger partial charge in [-0.15, -0.1) is 0 Å². The zero-order valence-corrected chi connectivity index (χ0v) is 30.9. The Hall–Kier alpha value is -7.16. The topological polar surface area (TPSA) is 25.8 Å². The molecule has 9 aromatic rings. The summed E-state index contributed by atoms with van der Waals surface area (Å²) in [6, 6.07) is 65.6. The van der Waals surface area contributed by atoms with Crippen molar-refractivity contribution in [2.75, 3.05) is 0 Å². The van der Waals surface area contributed by atoms with Crippen LogP contribution in [0.3, 0.4) is 0 Å². The van der Waals surface area contributed by atoms with E-state index in [0.29, 0.717) is 0 Å². The Labute approximate surface area is 327 Å². The molecule has 10 rings (SSSR count). The monoisotopic (exact) mass is 714 g/mol. The van der Waals surface area contributed by atoms with Gasteiger partial charge in [-0.05, 0) is 138 Å². The number of fused-ring (bicyclic) bond motifs is 2. The highest BCUT2D eigenvalue weighted by Crippen LogP contribution is 2.46. The zero-order valence-electron chi connectivity index (χ0n) is 30.9. The van der Waals surface area contributed by atoms with Crippen LogP contribution >= 0.6 is 0 Å². The molecule has 1 unspecified atom stereocenters. The Morgan fingerprint density at radius 3 is 1.62 bits per heavy atom. The maximum Gasteiger partial charge on any atom is 0.0702 e. The van der Waals surface area contributed by atoms with E-state index >= 15 is 0 Å². The van der Waals surface area contributed by atoms with Crippen molar-refractivity contribution >= 4 is 27.1 Å². The minimum Gasteiger partial charge on any atom is -0.261 e. The fraction of sp³-hybridized carbons (Fsp3) is 0.0370. The molecule has 264 valence electrons. The van der Waals surface area contributed by atoms with Crippen molar-refractivity contribution in [3.63, 3.8) is 0 Å². The molecule has 2 aromatic heterocycles. The van der Waals surface area contributed by atoms with E-state index in [0.717, 1.165) is 23.4 Å². The molecule has 0 spiro atoms. The Kier molecular flexibility index (Phi) is 8.70. The average molecular weight is 715 g/mol. The normalized spacial score (nSPS) is 13.9. The van der Waals surface area contributed by atoms with Gasteiger partial charge in [0.15, 0.2) is 0 Å². The van der Waals surface area contributed by atoms with Crippen LogP contribution in [0.2, 0.25) is 0 Å². The van der Waals surface area contributed by atoms with E-state index in [1.165, 1.54) is 77.2 Å². The van der Waals surface area contributed by atoms with Gasteiger partial charge in [0.1, 0.15) is 0 Å². The maximum absolute atomic E-state index is 4.76. The van der Waals surface area contributed by atoms with E-state index in [1.54, 1.807) is 0 Å². The Morgan fingerprint density at radius 1 is 0.375 bits per heavy atom. The summed E-state index contributed by atoms with van der Waals surface area (Å²) in [6.45, 7) is 0. The van der Waals surface area contributed by atoms with Crippen molar-refractivity contribution < 1.29 is 0 Å². The largest absolute Gasteiger partial charge is 0.261 e. The molecular formula is C54H38N2. The van der Waals surface area contributed by atoms with Crippen molar-refractivity contribution in [3.8, 4) is 55.8 Å². The quantitative estimate of drug-likeness (QED) is 0.154. The van der Waals surface area contributed by atoms with Gasteiger partial charge in [-0.1, -0.05) is 146 Å². The third kappa shape index (κ3) is 6.32. The first-order chi connectivity index (χ1) is 27.8. The fourth-order valence-corrected chi connectivity index (χ4v) is 8.39. The van der Waals surface area contributed by atoms with Crippen LogP contribution in [0.5, 0.6) is 0 Å². The van der Waals surface area contributed by atoms with Crippen molar-refractivity contribution in [2.24, 2.45) is 0 Å². The van der Waals surface area contributed by atoms with Gasteiger partial charge in [0.2, 0.25) is 0 Å². The highest BCUT2D eigenvalue weighted by atomic mass is 14.7. The third-order valence-electron chi connectivity index (χ3n) is 11.0. The average Bonchev–Trinajstić information content (AvgIpc) is 3.29. The molecule has 1 aliphatic carbocycles. The van der Waals surface area contributed by atoms with Gasteiger partial charge in [-0.2, -0.15) is 0 Å². The number of aromatic nitrogens is 2. The highest BCUT2D eigenvalue weighted by Gasteiger charge is 2.21. The molecule has 0 saturated heterocycles. The highest BCUT2D eigenvalue weighted by molar-refractivity contribution is 6.20. The molecule has 0 amide bonds. The Bertz CT molecular complexity index is 2850. The second-order valence-corrected chi connectivity index (χ2v) is 14.5. The van der Waals surface area contributed by atoms with Crippen LogP contribution in [-0.2, 0) is 0 Å². The SMILES string of the molecule is C1=CC(c2c3ccccc3c(-c3cccc(-c4ccccn4)c3)c3cc(-c4cc(-c5ccccc5)cc(-c5ccccc5)c4)ccc23)=CC(c2ccccn2)C1. The predicted octanol–water partition coefficient (Wildman–Crippen LogP) is 14.2. The molecule has 0 N–H and O–H groups in total. The summed E-state index contributed by atoms with van der Waals surface area (Å²) >= 11 is 0. The molecule has 0 radical (unpaired) electrons. The standard InChI is InChI=1S/C54H38N2/c1-3-15-37(16-4-1)44-33-45(38-17-5-2-6-18-38)35-46(34-44)39-27-28-49-50(36-39)54(43-22-14-20-41(32-43)52-26-10-12-30-56-52)48-24-8-7-23-47(48)53(49)42-21-13-19-40(31-42)51-25-9-11-29-55-51/h1-18,20-36,40H,19H2. The second kappa shape index (κ2) is 14.6. The number of hydrogen-bond acceptors (Lipinski definition) is 2. The van der Waals surface area contributed by atoms with E-state index in [2.05, 4.69) is 188 Å². The summed E-state index contributed by atoms with van der Waals surface area (Å²) in [6.07, 6.45) is 11.7. The molecule has 1 aliphatic rings. The number of hydrogen-bond donors (Lipinski definition) is 0. The maximum atomic E-state index is 4.76. The summed E-state index contributed by atoms with van der Waals surface area (Å²) in [7, 11) is 0. The molecule has 7 aromatic carbocycles. The Morgan fingerprint density at radius 2 is 0.946 bits per heavy atom. The minimum atomic E-state index is 0.205. The molecule has 2 heterocycles. The molecule has 0 saturated carbocycles. The minimum absolute atomic E-state index is 0.205. The van der Waals surface area contributed by atoms with Gasteiger partial charge in [-0.25, -0.2) is 0 Å². The smallest absolute Gasteiger partial charge is 0.0702 e. The first-order valence-corrected chi connectivity index (χ1v) is 19.3. The van der Waals surface area contributed by atoms with E-state index in [4.69, 9.17) is 9.97 Å². The van der Waals surface area contributed by atoms with Crippen LogP contribution in [0, 0.1) is 0 Å². The fourth-order valence-electron chi connectivity index (χ4n) is 8.39. The molecule has 56 heavy (non-hydrogen) atoms. The third-order valence-corrected chi connectivity index (χ3v) is 11.0. The summed E-state index contributed by atoms with van der Waals surface area (Å²) in [4.78, 5) is 9.48. The van der Waals surface area contributed by atoms with Crippen LogP contribution in [0.4, 0.5) is 0 Å². The first-order valence-electron chi connectivity index (χ1n) is 19.3. The second-order valence-electron chi connectivity index (χ2n) is 14.5. The number of pyridine rings is 2. The van der Waals surface area contributed by atoms with Gasteiger partial charge in [0, 0.05) is 29.6 Å². The van der Waals surface area contributed by atoms with Gasteiger partial charge in [0.25, 0.3) is 0 Å². The summed E-state index contributed by atoms with van der Waals surface area (Å²) in [5.74, 6) is 0.205. The lowest BCUT2D eigenvalue weighted by atomic mass is 9.81. The van der Waals surface area contributed by atoms with E-state index < -0.39 is 0 Å². The molecule has 0 bridgehead atoms. The lowest BCUT2D eigenvalue weighted by Crippen LogP contribution is -2.02. The lowest BCUT2D eigenvalue weighted by Gasteiger charge is -2.22. The summed E-state index contributed by atoms with van der Waals surface area (Å²) in [5.41, 5.74) is 15.2. The van der Waals surface area contributed by atoms with Crippen molar-refractivity contribution in [1.29, 1.82) is 0 Å². The van der Waals surface area contributed by atoms with Crippen LogP contribution < -0.4 is 0 Å². The molecule has 0 fully saturated rings. The van der Waals surface area contributed by atoms with Gasteiger partial charge >= 0.3 is 0 Å². The summed E-state index contributed by atoms with van der Waals surface area (Å²) in [5, 5.41) is 4.91. The van der Waals surface area contributed by atoms with E-state index in [1.807, 2.05) is 24.5 Å². The summed E-state index contributed by atoms with van der Waals surface area (Å²) < 4.78 is 0. The lowest BCUT2D eigenvalue weighted by molar-refractivity contribution is 0.819. The predicted molar refractivity (Wildman–Crippen MR) is 235 cm³/mol. The van der Waals surface area contributed by atoms with E-state index in [-0.39, 0.29) is 5.92 Å². The van der Waals surface area contributed by atoms with Crippen LogP contribution in [0.1, 0.15) is 23.6 Å². The number of rotatable bonds is 7. The molecule has 2 nitrogen and oxygen atoms in total. The van der Waals surface area contributed by atoms with Crippen molar-refractivity contribution in [1.82, 2.24) is 9.97 Å². The van der Waals surface area contributed by atoms with Crippen LogP contribution in [-0.4, -0.2) is 9.97 Å². The van der Waals surface area contributed by atoms with Crippen molar-refractivity contribution in [3.05, 3.63) is 224 Å². The number of nitrogens with zero attached hydrogens (tertiary/aromatic N) is 2. The van der Waals surface area contributed by atoms with Gasteiger partial charge < -0.3 is 0 Å². The molecular weight excluding hydrogens is 677 g/mol. The zero-order chi connectivity index (χ0) is 37.3. The number of benzene rings is 7. The number of allylic oxidation sites excluding steroid dienone is 4. The Balaban J connectivity index is 1.25. The van der Waals surface area contributed by atoms with Gasteiger partial charge in [0.05, 0.1) is 5.69 Å². The van der Waals surface area contributed by atoms with Gasteiger partial charge in [-0.3, -0.25) is 9.97 Å². The van der Waals surface area contributed by atoms with Crippen LogP contribution in [0.25, 0.3) is 82.9 Å². The molecule has 1 atom stereocenters. The van der Waals surface area contributed by atoms with Crippen molar-refractivity contribution in [2.45, 2.75) is 12.3 Å².